The van der Waals surface area contributed by atoms with Gasteiger partial charge in [-0.15, -0.1) is 0 Å². The molecular weight excluding hydrogens is 269 g/mol. The quantitative estimate of drug-likeness (QED) is 0.215. The predicted molar refractivity (Wildman–Crippen MR) is 47.5 cm³/mol. The molecule has 4 N–H and O–H groups in total. The van der Waals surface area contributed by atoms with Gasteiger partial charge in [0.25, 0.3) is 0 Å². The Bertz CT molecular complexity index is 308. The van der Waals surface area contributed by atoms with E-state index in [1.165, 1.54) is 0 Å². The summed E-state index contributed by atoms with van der Waals surface area (Å²) in [7, 11) is 0. The van der Waals surface area contributed by atoms with Crippen LogP contribution in [0, 0.1) is 15.3 Å². The van der Waals surface area contributed by atoms with Gasteiger partial charge in [-0.3, -0.25) is 9.59 Å². The van der Waals surface area contributed by atoms with Crippen molar-refractivity contribution in [3.63, 3.8) is 0 Å². The first-order chi connectivity index (χ1) is 7.51. The molecule has 0 aliphatic carbocycles. The van der Waals surface area contributed by atoms with Crippen LogP contribution in [-0.2, 0) is 14.4 Å². The van der Waals surface area contributed by atoms with Gasteiger partial charge in [0, 0.05) is 0 Å². The predicted octanol–water partition coefficient (Wildman–Crippen LogP) is -4.48. The SMILES string of the molecule is O=C(O)CC(O)(CC(=O)O)C(=O)O.O=[N+]([O-])[O-].[Na+]. The molecule has 12 heteroatoms. The molecule has 0 saturated heterocycles. The van der Waals surface area contributed by atoms with E-state index in [0.717, 1.165) is 0 Å². The average Bonchev–Trinajstić information content (AvgIpc) is 1.98. The first kappa shape index (κ1) is 21.8. The van der Waals surface area contributed by atoms with Crippen molar-refractivity contribution >= 4 is 17.9 Å². The Kier molecular flexibility index (Phi) is 11.6. The Morgan fingerprint density at radius 2 is 1.22 bits per heavy atom. The Morgan fingerprint density at radius 1 is 1.00 bits per heavy atom. The summed E-state index contributed by atoms with van der Waals surface area (Å²) in [5.74, 6) is -5.02. The van der Waals surface area contributed by atoms with Crippen molar-refractivity contribution in [1.82, 2.24) is 0 Å². The van der Waals surface area contributed by atoms with Crippen LogP contribution in [0.3, 0.4) is 0 Å². The minimum Gasteiger partial charge on any atom is -0.481 e. The minimum atomic E-state index is -2.74. The van der Waals surface area contributed by atoms with Crippen LogP contribution in [0.2, 0.25) is 0 Å². The van der Waals surface area contributed by atoms with E-state index in [1.807, 2.05) is 0 Å². The molecule has 0 unspecified atom stereocenters. The van der Waals surface area contributed by atoms with E-state index >= 15 is 0 Å². The van der Waals surface area contributed by atoms with Gasteiger partial charge < -0.3 is 35.7 Å². The Morgan fingerprint density at radius 3 is 1.33 bits per heavy atom. The summed E-state index contributed by atoms with van der Waals surface area (Å²) >= 11 is 0. The first-order valence-corrected chi connectivity index (χ1v) is 3.72. The molecular formula is C6H8NNaO10. The van der Waals surface area contributed by atoms with Crippen LogP contribution >= 0.6 is 0 Å². The molecule has 98 valence electrons. The second-order valence-electron chi connectivity index (χ2n) is 2.70. The maximum absolute atomic E-state index is 10.3. The zero-order valence-corrected chi connectivity index (χ0v) is 11.1. The summed E-state index contributed by atoms with van der Waals surface area (Å²) in [4.78, 5) is 38.7. The van der Waals surface area contributed by atoms with E-state index in [9.17, 15) is 14.4 Å². The molecule has 0 aliphatic rings. The fraction of sp³-hybridized carbons (Fsp3) is 0.500. The summed E-state index contributed by atoms with van der Waals surface area (Å²) in [6.45, 7) is 0. The molecule has 0 fully saturated rings. The third kappa shape index (κ3) is 12.6. The second-order valence-corrected chi connectivity index (χ2v) is 2.70. The zero-order chi connectivity index (χ0) is 14.2. The van der Waals surface area contributed by atoms with Crippen LogP contribution in [0.15, 0.2) is 0 Å². The van der Waals surface area contributed by atoms with E-state index in [-0.39, 0.29) is 29.6 Å². The molecule has 0 radical (unpaired) electrons. The average molecular weight is 277 g/mol. The molecule has 0 spiro atoms. The Labute approximate surface area is 121 Å². The third-order valence-electron chi connectivity index (χ3n) is 1.29. The number of carboxylic acids is 3. The van der Waals surface area contributed by atoms with Crippen molar-refractivity contribution < 1.29 is 69.5 Å². The molecule has 11 nitrogen and oxygen atoms in total. The second kappa shape index (κ2) is 9.58. The summed E-state index contributed by atoms with van der Waals surface area (Å²) in [5.41, 5.74) is -2.74. The van der Waals surface area contributed by atoms with E-state index in [0.29, 0.717) is 0 Å². The summed E-state index contributed by atoms with van der Waals surface area (Å²) in [5, 5.41) is 48.6. The smallest absolute Gasteiger partial charge is 0.481 e. The van der Waals surface area contributed by atoms with Crippen LogP contribution in [0.4, 0.5) is 0 Å². The molecule has 0 aliphatic heterocycles. The zero-order valence-electron chi connectivity index (χ0n) is 9.10. The molecule has 18 heavy (non-hydrogen) atoms. The number of hydrogen-bond acceptors (Lipinski definition) is 7. The molecule has 0 bridgehead atoms. The normalized spacial score (nSPS) is 9.17. The van der Waals surface area contributed by atoms with Gasteiger partial charge in [0.05, 0.1) is 17.9 Å². The van der Waals surface area contributed by atoms with Crippen molar-refractivity contribution in [3.8, 4) is 0 Å². The molecule has 0 rings (SSSR count). The minimum absolute atomic E-state index is 0. The third-order valence-corrected chi connectivity index (χ3v) is 1.29. The number of carboxylic acid groups (broad SMARTS) is 3. The molecule has 0 aromatic heterocycles. The largest absolute Gasteiger partial charge is 1.00 e. The van der Waals surface area contributed by atoms with Crippen molar-refractivity contribution in [2.24, 2.45) is 0 Å². The van der Waals surface area contributed by atoms with E-state index in [2.05, 4.69) is 0 Å². The van der Waals surface area contributed by atoms with E-state index in [1.54, 1.807) is 0 Å². The number of hydrogen-bond donors (Lipinski definition) is 4. The van der Waals surface area contributed by atoms with Crippen LogP contribution in [0.25, 0.3) is 0 Å². The van der Waals surface area contributed by atoms with Crippen molar-refractivity contribution in [1.29, 1.82) is 0 Å². The maximum Gasteiger partial charge on any atom is 1.00 e. The van der Waals surface area contributed by atoms with Gasteiger partial charge >= 0.3 is 47.5 Å². The number of carbonyl (C=O) groups is 3. The molecule has 0 aromatic rings. The van der Waals surface area contributed by atoms with Gasteiger partial charge in [-0.05, 0) is 0 Å². The fourth-order valence-electron chi connectivity index (χ4n) is 0.714. The van der Waals surface area contributed by atoms with Crippen molar-refractivity contribution in [2.75, 3.05) is 0 Å². The van der Waals surface area contributed by atoms with E-state index < -0.39 is 41.4 Å². The number of aliphatic hydroxyl groups is 1. The number of nitrogens with zero attached hydrogens (tertiary/aromatic N) is 1. The molecule has 0 heterocycles. The van der Waals surface area contributed by atoms with Crippen LogP contribution in [0.1, 0.15) is 12.8 Å². The molecule has 0 amide bonds. The fourth-order valence-corrected chi connectivity index (χ4v) is 0.714. The maximum atomic E-state index is 10.3. The van der Waals surface area contributed by atoms with Gasteiger partial charge in [0.15, 0.2) is 5.60 Å². The van der Waals surface area contributed by atoms with Gasteiger partial charge in [-0.1, -0.05) is 0 Å². The van der Waals surface area contributed by atoms with Crippen LogP contribution < -0.4 is 29.6 Å². The summed E-state index contributed by atoms with van der Waals surface area (Å²) in [6, 6.07) is 0. The van der Waals surface area contributed by atoms with Gasteiger partial charge in [0.1, 0.15) is 0 Å². The standard InChI is InChI=1S/C6H8O7.NO3.Na/c7-3(8)1-6(13,5(11)12)2-4(9)10;2-1(3)4;/h13H,1-2H2,(H,7,8)(H,9,10)(H,11,12);;/q;-1;+1. The van der Waals surface area contributed by atoms with Crippen molar-refractivity contribution in [2.45, 2.75) is 18.4 Å². The summed E-state index contributed by atoms with van der Waals surface area (Å²) < 4.78 is 0. The molecule has 0 atom stereocenters. The topological polar surface area (TPSA) is 198 Å². The van der Waals surface area contributed by atoms with Crippen LogP contribution in [0.5, 0.6) is 0 Å². The molecule has 0 aromatic carbocycles. The Balaban J connectivity index is -0.000000392. The first-order valence-electron chi connectivity index (χ1n) is 3.72. The van der Waals surface area contributed by atoms with Gasteiger partial charge in [-0.25, -0.2) is 4.79 Å². The monoisotopic (exact) mass is 277 g/mol. The van der Waals surface area contributed by atoms with Gasteiger partial charge in [-0.2, -0.15) is 0 Å². The number of aliphatic carboxylic acids is 3. The van der Waals surface area contributed by atoms with Crippen molar-refractivity contribution in [3.05, 3.63) is 15.3 Å². The van der Waals surface area contributed by atoms with Crippen LogP contribution in [-0.4, -0.2) is 49.0 Å². The van der Waals surface area contributed by atoms with E-state index in [4.69, 9.17) is 35.7 Å². The summed E-state index contributed by atoms with van der Waals surface area (Å²) in [6.07, 6.45) is -2.29. The Hall–Kier alpha value is -1.43. The molecule has 0 saturated carbocycles. The van der Waals surface area contributed by atoms with Gasteiger partial charge in [0.2, 0.25) is 0 Å². The number of rotatable bonds is 5.